The van der Waals surface area contributed by atoms with Crippen LogP contribution < -0.4 is 10.2 Å². The van der Waals surface area contributed by atoms with Crippen molar-refractivity contribution in [3.63, 3.8) is 0 Å². The van der Waals surface area contributed by atoms with Gasteiger partial charge >= 0.3 is 0 Å². The molecule has 4 aromatic rings. The second-order valence-electron chi connectivity index (χ2n) is 9.69. The van der Waals surface area contributed by atoms with Gasteiger partial charge in [0.25, 0.3) is 0 Å². The van der Waals surface area contributed by atoms with Gasteiger partial charge in [0.1, 0.15) is 23.9 Å². The van der Waals surface area contributed by atoms with Crippen molar-refractivity contribution in [2.75, 3.05) is 4.90 Å². The first kappa shape index (κ1) is 25.0. The van der Waals surface area contributed by atoms with Crippen LogP contribution in [0.3, 0.4) is 0 Å². The van der Waals surface area contributed by atoms with Gasteiger partial charge in [-0.3, -0.25) is 14.5 Å². The van der Waals surface area contributed by atoms with Gasteiger partial charge in [-0.15, -0.1) is 5.10 Å². The maximum atomic E-state index is 15.2. The van der Waals surface area contributed by atoms with E-state index in [9.17, 15) is 9.59 Å². The van der Waals surface area contributed by atoms with E-state index in [1.54, 1.807) is 18.2 Å². The number of aryl methyl sites for hydroxylation is 1. The SMILES string of the molecule is CCc1ccc(C(C(=O)NC(C)(C)C)N(C(=O)Cn2nnc3ccccc32)c2ccccc2F)cc1. The molecule has 3 aromatic carbocycles. The number of benzene rings is 3. The number of nitrogens with zero attached hydrogens (tertiary/aromatic N) is 4. The number of amides is 2. The van der Waals surface area contributed by atoms with Crippen molar-refractivity contribution in [1.29, 1.82) is 0 Å². The van der Waals surface area contributed by atoms with Crippen LogP contribution in [0.4, 0.5) is 10.1 Å². The monoisotopic (exact) mass is 487 g/mol. The van der Waals surface area contributed by atoms with Gasteiger partial charge < -0.3 is 5.32 Å². The third-order valence-electron chi connectivity index (χ3n) is 5.79. The van der Waals surface area contributed by atoms with Crippen LogP contribution in [0.5, 0.6) is 0 Å². The lowest BCUT2D eigenvalue weighted by Crippen LogP contribution is -2.50. The van der Waals surface area contributed by atoms with Gasteiger partial charge in [0, 0.05) is 5.54 Å². The van der Waals surface area contributed by atoms with E-state index in [2.05, 4.69) is 15.6 Å². The number of carbonyl (C=O) groups excluding carboxylic acids is 2. The highest BCUT2D eigenvalue weighted by Gasteiger charge is 2.36. The molecule has 0 aliphatic carbocycles. The van der Waals surface area contributed by atoms with Crippen molar-refractivity contribution in [2.45, 2.75) is 52.2 Å². The number of halogens is 1. The molecule has 0 aliphatic heterocycles. The Hall–Kier alpha value is -4.07. The van der Waals surface area contributed by atoms with Crippen LogP contribution in [0, 0.1) is 5.82 Å². The van der Waals surface area contributed by atoms with Gasteiger partial charge in [-0.25, -0.2) is 9.07 Å². The van der Waals surface area contributed by atoms with Crippen LogP contribution in [0.25, 0.3) is 11.0 Å². The molecule has 0 saturated heterocycles. The molecular formula is C28H30FN5O2. The molecule has 1 unspecified atom stereocenters. The van der Waals surface area contributed by atoms with Crippen LogP contribution in [0.15, 0.2) is 72.8 Å². The van der Waals surface area contributed by atoms with E-state index >= 15 is 4.39 Å². The number of hydrogen-bond donors (Lipinski definition) is 1. The standard InChI is InChI=1S/C28H30FN5O2/c1-5-19-14-16-20(17-15-19)26(27(36)30-28(2,3)4)34(23-12-8-6-10-21(23)29)25(35)18-33-24-13-9-7-11-22(24)31-32-33/h6-17,26H,5,18H2,1-4H3,(H,30,36). The van der Waals surface area contributed by atoms with E-state index < -0.39 is 29.2 Å². The number of rotatable bonds is 7. The Labute approximate surface area is 209 Å². The molecule has 2 amide bonds. The molecule has 1 atom stereocenters. The Morgan fingerprint density at radius 1 is 1.00 bits per heavy atom. The summed E-state index contributed by atoms with van der Waals surface area (Å²) in [7, 11) is 0. The lowest BCUT2D eigenvalue weighted by molar-refractivity contribution is -0.128. The van der Waals surface area contributed by atoms with Crippen molar-refractivity contribution >= 4 is 28.5 Å². The number of hydrogen-bond acceptors (Lipinski definition) is 4. The lowest BCUT2D eigenvalue weighted by Gasteiger charge is -2.34. The molecule has 0 radical (unpaired) electrons. The fourth-order valence-electron chi connectivity index (χ4n) is 4.09. The zero-order chi connectivity index (χ0) is 25.9. The van der Waals surface area contributed by atoms with Crippen LogP contribution in [0.1, 0.15) is 44.9 Å². The second kappa shape index (κ2) is 10.3. The number of nitrogens with one attached hydrogen (secondary N) is 1. The molecular weight excluding hydrogens is 457 g/mol. The fourth-order valence-corrected chi connectivity index (χ4v) is 4.09. The van der Waals surface area contributed by atoms with Gasteiger partial charge in [-0.1, -0.05) is 60.7 Å². The Morgan fingerprint density at radius 2 is 1.67 bits per heavy atom. The average molecular weight is 488 g/mol. The maximum absolute atomic E-state index is 15.2. The molecule has 0 fully saturated rings. The van der Waals surface area contributed by atoms with E-state index in [0.717, 1.165) is 12.0 Å². The van der Waals surface area contributed by atoms with Gasteiger partial charge in [-0.05, 0) is 62.6 Å². The topological polar surface area (TPSA) is 80.1 Å². The first-order valence-corrected chi connectivity index (χ1v) is 11.9. The summed E-state index contributed by atoms with van der Waals surface area (Å²) in [5.41, 5.74) is 2.42. The number of aromatic nitrogens is 3. The summed E-state index contributed by atoms with van der Waals surface area (Å²) in [6.45, 7) is 7.40. The van der Waals surface area contributed by atoms with E-state index in [4.69, 9.17) is 0 Å². The minimum absolute atomic E-state index is 0.0144. The molecule has 0 bridgehead atoms. The van der Waals surface area contributed by atoms with Crippen LogP contribution >= 0.6 is 0 Å². The summed E-state index contributed by atoms with van der Waals surface area (Å²) in [6.07, 6.45) is 0.828. The number of carbonyl (C=O) groups is 2. The number of fused-ring (bicyclic) bond motifs is 1. The van der Waals surface area contributed by atoms with Crippen LogP contribution in [0.2, 0.25) is 0 Å². The molecule has 0 saturated carbocycles. The van der Waals surface area contributed by atoms with Crippen molar-refractivity contribution < 1.29 is 14.0 Å². The first-order chi connectivity index (χ1) is 17.2. The zero-order valence-electron chi connectivity index (χ0n) is 20.9. The molecule has 4 rings (SSSR count). The minimum atomic E-state index is -1.10. The van der Waals surface area contributed by atoms with Crippen molar-refractivity contribution in [2.24, 2.45) is 0 Å². The molecule has 0 spiro atoms. The van der Waals surface area contributed by atoms with Gasteiger partial charge in [0.05, 0.1) is 11.2 Å². The fraction of sp³-hybridized carbons (Fsp3) is 0.286. The van der Waals surface area contributed by atoms with Gasteiger partial charge in [0.2, 0.25) is 11.8 Å². The summed E-state index contributed by atoms with van der Waals surface area (Å²) < 4.78 is 16.6. The molecule has 1 N–H and O–H groups in total. The molecule has 36 heavy (non-hydrogen) atoms. The van der Waals surface area contributed by atoms with Crippen molar-refractivity contribution in [3.8, 4) is 0 Å². The zero-order valence-corrected chi connectivity index (χ0v) is 20.9. The summed E-state index contributed by atoms with van der Waals surface area (Å²) in [5, 5.41) is 11.2. The molecule has 7 nitrogen and oxygen atoms in total. The molecule has 1 aromatic heterocycles. The first-order valence-electron chi connectivity index (χ1n) is 11.9. The lowest BCUT2D eigenvalue weighted by atomic mass is 9.99. The molecule has 1 heterocycles. The summed E-state index contributed by atoms with van der Waals surface area (Å²) in [6, 6.07) is 19.6. The molecule has 186 valence electrons. The van der Waals surface area contributed by atoms with Gasteiger partial charge in [-0.2, -0.15) is 0 Å². The van der Waals surface area contributed by atoms with Crippen molar-refractivity contribution in [3.05, 3.63) is 89.7 Å². The Bertz CT molecular complexity index is 1370. The summed E-state index contributed by atoms with van der Waals surface area (Å²) in [4.78, 5) is 28.8. The maximum Gasteiger partial charge on any atom is 0.249 e. The third kappa shape index (κ3) is 5.43. The van der Waals surface area contributed by atoms with E-state index in [0.29, 0.717) is 16.6 Å². The largest absolute Gasteiger partial charge is 0.349 e. The van der Waals surface area contributed by atoms with E-state index in [-0.39, 0.29) is 12.2 Å². The van der Waals surface area contributed by atoms with Crippen molar-refractivity contribution in [1.82, 2.24) is 20.3 Å². The summed E-state index contributed by atoms with van der Waals surface area (Å²) >= 11 is 0. The quantitative estimate of drug-likeness (QED) is 0.405. The predicted molar refractivity (Wildman–Crippen MR) is 138 cm³/mol. The summed E-state index contributed by atoms with van der Waals surface area (Å²) in [5.74, 6) is -1.51. The smallest absolute Gasteiger partial charge is 0.249 e. The normalized spacial score (nSPS) is 12.4. The minimum Gasteiger partial charge on any atom is -0.349 e. The third-order valence-corrected chi connectivity index (χ3v) is 5.79. The number of anilines is 1. The second-order valence-corrected chi connectivity index (χ2v) is 9.69. The van der Waals surface area contributed by atoms with Gasteiger partial charge in [0.15, 0.2) is 0 Å². The Morgan fingerprint density at radius 3 is 2.33 bits per heavy atom. The predicted octanol–water partition coefficient (Wildman–Crippen LogP) is 4.82. The van der Waals surface area contributed by atoms with Crippen LogP contribution in [-0.2, 0) is 22.6 Å². The Kier molecular flexibility index (Phi) is 7.15. The highest BCUT2D eigenvalue weighted by molar-refractivity contribution is 6.01. The molecule has 8 heteroatoms. The average Bonchev–Trinajstić information content (AvgIpc) is 3.25. The Balaban J connectivity index is 1.83. The highest BCUT2D eigenvalue weighted by atomic mass is 19.1. The van der Waals surface area contributed by atoms with Crippen LogP contribution in [-0.4, -0.2) is 32.3 Å². The van der Waals surface area contributed by atoms with E-state index in [1.165, 1.54) is 21.7 Å². The highest BCUT2D eigenvalue weighted by Crippen LogP contribution is 2.31. The molecule has 0 aliphatic rings. The number of para-hydroxylation sites is 2. The van der Waals surface area contributed by atoms with E-state index in [1.807, 2.05) is 70.2 Å².